The van der Waals surface area contributed by atoms with Crippen molar-refractivity contribution >= 4 is 33.3 Å². The van der Waals surface area contributed by atoms with Crippen LogP contribution in [0.4, 0.5) is 17.6 Å². The highest BCUT2D eigenvalue weighted by atomic mass is 79.9. The van der Waals surface area contributed by atoms with Crippen LogP contribution in [0.25, 0.3) is 0 Å². The highest BCUT2D eigenvalue weighted by Gasteiger charge is 2.34. The first-order valence-corrected chi connectivity index (χ1v) is 5.42. The quantitative estimate of drug-likeness (QED) is 0.456. The number of ketones is 1. The molecule has 0 amide bonds. The van der Waals surface area contributed by atoms with Gasteiger partial charge in [0.25, 0.3) is 0 Å². The lowest BCUT2D eigenvalue weighted by Crippen LogP contribution is -2.11. The second kappa shape index (κ2) is 4.71. The molecule has 0 unspecified atom stereocenters. The fourth-order valence-electron chi connectivity index (χ4n) is 1.05. The summed E-state index contributed by atoms with van der Waals surface area (Å²) in [6.45, 7) is 0. The summed E-state index contributed by atoms with van der Waals surface area (Å²) in [4.78, 5) is 11.1. The van der Waals surface area contributed by atoms with E-state index in [1.165, 1.54) is 0 Å². The summed E-state index contributed by atoms with van der Waals surface area (Å²) in [5, 5.41) is -1.03. The van der Waals surface area contributed by atoms with E-state index in [0.29, 0.717) is 12.1 Å². The Morgan fingerprint density at radius 2 is 1.94 bits per heavy atom. The van der Waals surface area contributed by atoms with Gasteiger partial charge in [-0.1, -0.05) is 27.5 Å². The summed E-state index contributed by atoms with van der Waals surface area (Å²) in [5.74, 6) is -1.85. The summed E-state index contributed by atoms with van der Waals surface area (Å²) in [6.07, 6.45) is -4.72. The number of Topliss-reactive ketones (excluding diaryl/α,β-unsaturated/α-hetero) is 1. The summed E-state index contributed by atoms with van der Waals surface area (Å²) in [7, 11) is 0. The zero-order chi connectivity index (χ0) is 12.5. The zero-order valence-electron chi connectivity index (χ0n) is 7.54. The Kier molecular flexibility index (Phi) is 3.96. The molecule has 88 valence electrons. The van der Waals surface area contributed by atoms with Gasteiger partial charge in [-0.25, -0.2) is 4.39 Å². The van der Waals surface area contributed by atoms with Crippen LogP contribution in [-0.2, 0) is 6.18 Å². The fraction of sp³-hybridized carbons (Fsp3) is 0.222. The van der Waals surface area contributed by atoms with Crippen LogP contribution in [-0.4, -0.2) is 11.1 Å². The van der Waals surface area contributed by atoms with E-state index in [1.54, 1.807) is 0 Å². The van der Waals surface area contributed by atoms with E-state index in [0.717, 1.165) is 0 Å². The third-order valence-electron chi connectivity index (χ3n) is 1.78. The molecule has 0 radical (unpaired) electrons. The normalized spacial score (nSPS) is 11.6. The van der Waals surface area contributed by atoms with Gasteiger partial charge in [0.2, 0.25) is 0 Å². The molecule has 0 aliphatic rings. The number of hydrogen-bond acceptors (Lipinski definition) is 1. The molecule has 1 rings (SSSR count). The number of halogens is 6. The number of rotatable bonds is 2. The lowest BCUT2D eigenvalue weighted by Gasteiger charge is -2.10. The summed E-state index contributed by atoms with van der Waals surface area (Å²) in [6, 6.07) is 0.904. The predicted molar refractivity (Wildman–Crippen MR) is 54.5 cm³/mol. The molecule has 0 N–H and O–H groups in total. The van der Waals surface area contributed by atoms with Gasteiger partial charge >= 0.3 is 6.18 Å². The zero-order valence-corrected chi connectivity index (χ0v) is 9.88. The molecule has 0 heterocycles. The van der Waals surface area contributed by atoms with Gasteiger partial charge in [0, 0.05) is 0 Å². The number of carbonyl (C=O) groups excluding carboxylic acids is 1. The van der Waals surface area contributed by atoms with E-state index in [2.05, 4.69) is 15.9 Å². The van der Waals surface area contributed by atoms with E-state index >= 15 is 0 Å². The molecule has 16 heavy (non-hydrogen) atoms. The minimum Gasteiger partial charge on any atom is -0.293 e. The number of carbonyl (C=O) groups is 1. The fourth-order valence-corrected chi connectivity index (χ4v) is 1.61. The van der Waals surface area contributed by atoms with Crippen molar-refractivity contribution in [3.05, 3.63) is 34.1 Å². The molecule has 0 fully saturated rings. The van der Waals surface area contributed by atoms with Crippen molar-refractivity contribution < 1.29 is 22.4 Å². The lowest BCUT2D eigenvalue weighted by molar-refractivity contribution is -0.137. The minimum atomic E-state index is -4.72. The third kappa shape index (κ3) is 2.74. The first-order valence-electron chi connectivity index (χ1n) is 3.92. The van der Waals surface area contributed by atoms with Crippen molar-refractivity contribution in [2.24, 2.45) is 0 Å². The maximum absolute atomic E-state index is 13.2. The van der Waals surface area contributed by atoms with Gasteiger partial charge in [-0.15, -0.1) is 0 Å². The molecule has 0 aromatic heterocycles. The first-order chi connectivity index (χ1) is 7.27. The second-order valence-electron chi connectivity index (χ2n) is 2.87. The number of alkyl halides is 4. The van der Waals surface area contributed by atoms with Crippen molar-refractivity contribution in [2.75, 3.05) is 5.33 Å². The van der Waals surface area contributed by atoms with Gasteiger partial charge < -0.3 is 0 Å². The van der Waals surface area contributed by atoms with Crippen LogP contribution >= 0.6 is 27.5 Å². The molecule has 0 saturated carbocycles. The molecule has 0 atom stereocenters. The average molecular weight is 319 g/mol. The molecule has 0 saturated heterocycles. The average Bonchev–Trinajstić information content (AvgIpc) is 2.14. The largest absolute Gasteiger partial charge is 0.417 e. The smallest absolute Gasteiger partial charge is 0.293 e. The summed E-state index contributed by atoms with van der Waals surface area (Å²) < 4.78 is 50.4. The number of hydrogen-bond donors (Lipinski definition) is 0. The Bertz CT molecular complexity index is 430. The van der Waals surface area contributed by atoms with Gasteiger partial charge in [-0.3, -0.25) is 4.79 Å². The molecule has 7 heteroatoms. The highest BCUT2D eigenvalue weighted by molar-refractivity contribution is 9.09. The van der Waals surface area contributed by atoms with Crippen molar-refractivity contribution in [1.82, 2.24) is 0 Å². The van der Waals surface area contributed by atoms with Crippen molar-refractivity contribution in [1.29, 1.82) is 0 Å². The topological polar surface area (TPSA) is 17.1 Å². The monoisotopic (exact) mass is 318 g/mol. The van der Waals surface area contributed by atoms with Crippen molar-refractivity contribution in [3.8, 4) is 0 Å². The van der Waals surface area contributed by atoms with Crippen LogP contribution in [0.3, 0.4) is 0 Å². The van der Waals surface area contributed by atoms with Crippen LogP contribution in [0.1, 0.15) is 15.9 Å². The number of benzene rings is 1. The van der Waals surface area contributed by atoms with Gasteiger partial charge in [0.1, 0.15) is 5.82 Å². The van der Waals surface area contributed by atoms with E-state index in [9.17, 15) is 22.4 Å². The lowest BCUT2D eigenvalue weighted by atomic mass is 10.1. The molecule has 0 spiro atoms. The van der Waals surface area contributed by atoms with Crippen molar-refractivity contribution in [2.45, 2.75) is 6.18 Å². The van der Waals surface area contributed by atoms with E-state index in [-0.39, 0.29) is 5.33 Å². The Labute approximate surface area is 102 Å². The molecule has 1 aromatic rings. The van der Waals surface area contributed by atoms with E-state index < -0.39 is 33.9 Å². The Morgan fingerprint density at radius 3 is 2.38 bits per heavy atom. The maximum atomic E-state index is 13.2. The van der Waals surface area contributed by atoms with Gasteiger partial charge in [-0.2, -0.15) is 13.2 Å². The highest BCUT2D eigenvalue weighted by Crippen LogP contribution is 2.36. The molecule has 1 aromatic carbocycles. The van der Waals surface area contributed by atoms with Crippen LogP contribution in [0, 0.1) is 5.82 Å². The van der Waals surface area contributed by atoms with Gasteiger partial charge in [-0.05, 0) is 12.1 Å². The molecule has 0 aliphatic carbocycles. The van der Waals surface area contributed by atoms with E-state index in [4.69, 9.17) is 11.6 Å². The van der Waals surface area contributed by atoms with Gasteiger partial charge in [0.15, 0.2) is 5.78 Å². The molecular weight excluding hydrogens is 315 g/mol. The molecule has 0 aliphatic heterocycles. The second-order valence-corrected chi connectivity index (χ2v) is 3.83. The Hall–Kier alpha value is -0.620. The maximum Gasteiger partial charge on any atom is 0.417 e. The van der Waals surface area contributed by atoms with Crippen LogP contribution in [0.15, 0.2) is 12.1 Å². The molecule has 0 bridgehead atoms. The standard InChI is InChI=1S/C9H4BrClF4O/c10-3-8(16)4-1-5(9(13,14)15)6(11)2-7(4)12/h1-2H,3H2. The SMILES string of the molecule is O=C(CBr)c1cc(C(F)(F)F)c(Cl)cc1F. The molecule has 1 nitrogen and oxygen atoms in total. The van der Waals surface area contributed by atoms with Crippen LogP contribution in [0.2, 0.25) is 5.02 Å². The minimum absolute atomic E-state index is 0.261. The first kappa shape index (κ1) is 13.4. The molecular formula is C9H4BrClF4O. The Balaban J connectivity index is 3.39. The van der Waals surface area contributed by atoms with Crippen molar-refractivity contribution in [3.63, 3.8) is 0 Å². The summed E-state index contributed by atoms with van der Waals surface area (Å²) in [5.41, 5.74) is -1.85. The van der Waals surface area contributed by atoms with Crippen LogP contribution in [0.5, 0.6) is 0 Å². The van der Waals surface area contributed by atoms with E-state index in [1.807, 2.05) is 0 Å². The third-order valence-corrected chi connectivity index (χ3v) is 2.61. The predicted octanol–water partition coefficient (Wildman–Crippen LogP) is 4.08. The van der Waals surface area contributed by atoms with Gasteiger partial charge in [0.05, 0.1) is 21.5 Å². The Morgan fingerprint density at radius 1 is 1.38 bits per heavy atom. The van der Waals surface area contributed by atoms with Crippen LogP contribution < -0.4 is 0 Å². The summed E-state index contributed by atoms with van der Waals surface area (Å²) >= 11 is 8.00.